The van der Waals surface area contributed by atoms with Gasteiger partial charge in [0, 0.05) is 10.4 Å². The van der Waals surface area contributed by atoms with Crippen LogP contribution in [-0.4, -0.2) is 35.5 Å². The molecule has 0 radical (unpaired) electrons. The van der Waals surface area contributed by atoms with Crippen LogP contribution in [0.25, 0.3) is 21.3 Å². The van der Waals surface area contributed by atoms with Crippen LogP contribution < -0.4 is 15.8 Å². The molecule has 0 saturated carbocycles. The number of nitrogens with one attached hydrogen (secondary N) is 3. The molecule has 3 aromatic rings. The molecule has 4 rings (SSSR count). The maximum Gasteiger partial charge on any atom is 0.275 e. The molecule has 1 fully saturated rings. The molecule has 1 aliphatic rings. The normalized spacial score (nSPS) is 17.5. The maximum absolute atomic E-state index is 12.8. The average molecular weight is 369 g/mol. The van der Waals surface area contributed by atoms with E-state index in [1.807, 2.05) is 26.0 Å². The summed E-state index contributed by atoms with van der Waals surface area (Å²) in [6, 6.07) is 8.21. The monoisotopic (exact) mass is 369 g/mol. The third-order valence-corrected chi connectivity index (χ3v) is 5.76. The molecule has 0 aliphatic carbocycles. The number of carbonyl (C=O) groups excluding carboxylic acids is 1. The lowest BCUT2D eigenvalue weighted by Crippen LogP contribution is -3.14. The summed E-state index contributed by atoms with van der Waals surface area (Å²) in [6.07, 6.45) is 0. The van der Waals surface area contributed by atoms with Crippen molar-refractivity contribution in [2.75, 3.05) is 19.6 Å². The molecular weight excluding hydrogens is 348 g/mol. The van der Waals surface area contributed by atoms with E-state index >= 15 is 0 Å². The van der Waals surface area contributed by atoms with Crippen LogP contribution in [0.15, 0.2) is 29.1 Å². The Bertz CT molecular complexity index is 1040. The molecule has 3 heterocycles. The standard InChI is InChI=1S/C19H20N4O2S/c1-11-3-5-13(6-4-11)16-12(2)26-19-17(16)18(25)21-14(22-19)9-23-8-7-20-15(24)10-23/h3-6H,7-10H2,1-2H3,(H,20,24)(H,21,22,25)/p+1. The van der Waals surface area contributed by atoms with Gasteiger partial charge in [0.15, 0.2) is 12.4 Å². The number of hydrogen-bond acceptors (Lipinski definition) is 4. The fourth-order valence-corrected chi connectivity index (χ4v) is 4.52. The molecular formula is C19H21N4O2S+. The first-order chi connectivity index (χ1) is 12.5. The highest BCUT2D eigenvalue weighted by atomic mass is 32.1. The quantitative estimate of drug-likeness (QED) is 0.638. The van der Waals surface area contributed by atoms with Crippen molar-refractivity contribution in [3.8, 4) is 11.1 Å². The number of aromatic amines is 1. The molecule has 1 amide bonds. The van der Waals surface area contributed by atoms with Crippen LogP contribution >= 0.6 is 11.3 Å². The number of amides is 1. The van der Waals surface area contributed by atoms with Gasteiger partial charge in [-0.25, -0.2) is 4.98 Å². The number of carbonyl (C=O) groups is 1. The summed E-state index contributed by atoms with van der Waals surface area (Å²) in [7, 11) is 0. The molecule has 7 heteroatoms. The molecule has 1 atom stereocenters. The second kappa shape index (κ2) is 6.66. The van der Waals surface area contributed by atoms with Crippen molar-refractivity contribution in [2.24, 2.45) is 0 Å². The van der Waals surface area contributed by atoms with Crippen LogP contribution in [0.3, 0.4) is 0 Å². The lowest BCUT2D eigenvalue weighted by molar-refractivity contribution is -0.907. The smallest absolute Gasteiger partial charge is 0.275 e. The van der Waals surface area contributed by atoms with Crippen LogP contribution in [-0.2, 0) is 11.3 Å². The molecule has 2 aromatic heterocycles. The molecule has 1 aromatic carbocycles. The molecule has 26 heavy (non-hydrogen) atoms. The van der Waals surface area contributed by atoms with Crippen molar-refractivity contribution < 1.29 is 9.69 Å². The van der Waals surface area contributed by atoms with Crippen molar-refractivity contribution in [1.29, 1.82) is 0 Å². The van der Waals surface area contributed by atoms with E-state index in [-0.39, 0.29) is 11.5 Å². The molecule has 6 nitrogen and oxygen atoms in total. The van der Waals surface area contributed by atoms with Gasteiger partial charge in [-0.05, 0) is 19.4 Å². The second-order valence-corrected chi connectivity index (χ2v) is 8.00. The Morgan fingerprint density at radius 2 is 1.96 bits per heavy atom. The van der Waals surface area contributed by atoms with Gasteiger partial charge in [-0.1, -0.05) is 29.8 Å². The molecule has 0 spiro atoms. The Labute approximate surface area is 154 Å². The van der Waals surface area contributed by atoms with Crippen LogP contribution in [0.5, 0.6) is 0 Å². The van der Waals surface area contributed by atoms with Gasteiger partial charge < -0.3 is 15.2 Å². The number of H-pyrrole nitrogens is 1. The summed E-state index contributed by atoms with van der Waals surface area (Å²) in [6.45, 7) is 6.55. The van der Waals surface area contributed by atoms with Gasteiger partial charge in [0.25, 0.3) is 11.5 Å². The Morgan fingerprint density at radius 3 is 2.69 bits per heavy atom. The van der Waals surface area contributed by atoms with Crippen LogP contribution in [0.1, 0.15) is 16.3 Å². The Morgan fingerprint density at radius 1 is 1.19 bits per heavy atom. The first kappa shape index (κ1) is 16.9. The molecule has 1 unspecified atom stereocenters. The summed E-state index contributed by atoms with van der Waals surface area (Å²) >= 11 is 1.55. The van der Waals surface area contributed by atoms with Crippen LogP contribution in [0, 0.1) is 13.8 Å². The van der Waals surface area contributed by atoms with E-state index in [2.05, 4.69) is 22.4 Å². The number of thiophene rings is 1. The van der Waals surface area contributed by atoms with Crippen molar-refractivity contribution >= 4 is 27.5 Å². The molecule has 1 saturated heterocycles. The zero-order valence-electron chi connectivity index (χ0n) is 14.8. The third-order valence-electron chi connectivity index (χ3n) is 4.76. The minimum Gasteiger partial charge on any atom is -0.346 e. The van der Waals surface area contributed by atoms with Gasteiger partial charge in [0.1, 0.15) is 11.4 Å². The lowest BCUT2D eigenvalue weighted by atomic mass is 10.0. The predicted octanol–water partition coefficient (Wildman–Crippen LogP) is 0.783. The first-order valence-corrected chi connectivity index (χ1v) is 9.52. The summed E-state index contributed by atoms with van der Waals surface area (Å²) in [4.78, 5) is 34.9. The van der Waals surface area contributed by atoms with Gasteiger partial charge in [-0.2, -0.15) is 0 Å². The largest absolute Gasteiger partial charge is 0.346 e. The highest BCUT2D eigenvalue weighted by Crippen LogP contribution is 2.35. The van der Waals surface area contributed by atoms with Crippen LogP contribution in [0.4, 0.5) is 0 Å². The van der Waals surface area contributed by atoms with E-state index in [4.69, 9.17) is 4.98 Å². The number of benzene rings is 1. The number of quaternary nitrogens is 1. The van der Waals surface area contributed by atoms with E-state index < -0.39 is 0 Å². The number of aryl methyl sites for hydroxylation is 2. The van der Waals surface area contributed by atoms with E-state index in [0.29, 0.717) is 30.8 Å². The molecule has 1 aliphatic heterocycles. The fraction of sp³-hybridized carbons (Fsp3) is 0.316. The molecule has 134 valence electrons. The number of hydrogen-bond donors (Lipinski definition) is 3. The molecule has 3 N–H and O–H groups in total. The Kier molecular flexibility index (Phi) is 4.34. The number of piperazine rings is 1. The predicted molar refractivity (Wildman–Crippen MR) is 103 cm³/mol. The molecule has 0 bridgehead atoms. The number of fused-ring (bicyclic) bond motifs is 1. The highest BCUT2D eigenvalue weighted by molar-refractivity contribution is 7.19. The Balaban J connectivity index is 1.74. The Hall–Kier alpha value is -2.51. The van der Waals surface area contributed by atoms with E-state index in [0.717, 1.165) is 32.3 Å². The van der Waals surface area contributed by atoms with Crippen molar-refractivity contribution in [3.05, 3.63) is 50.9 Å². The van der Waals surface area contributed by atoms with Gasteiger partial charge in [0.05, 0.1) is 18.5 Å². The fourth-order valence-electron chi connectivity index (χ4n) is 3.46. The van der Waals surface area contributed by atoms with E-state index in [1.54, 1.807) is 11.3 Å². The van der Waals surface area contributed by atoms with E-state index in [9.17, 15) is 9.59 Å². The minimum absolute atomic E-state index is 0.0447. The SMILES string of the molecule is Cc1ccc(-c2c(C)sc3nc(C[NH+]4CCNC(=O)C4)[nH]c(=O)c23)cc1. The second-order valence-electron chi connectivity index (χ2n) is 6.80. The zero-order chi connectivity index (χ0) is 18.3. The van der Waals surface area contributed by atoms with Crippen LogP contribution in [0.2, 0.25) is 0 Å². The van der Waals surface area contributed by atoms with Gasteiger partial charge in [-0.3, -0.25) is 9.59 Å². The van der Waals surface area contributed by atoms with E-state index in [1.165, 1.54) is 5.56 Å². The van der Waals surface area contributed by atoms with Crippen molar-refractivity contribution in [3.63, 3.8) is 0 Å². The van der Waals surface area contributed by atoms with Crippen molar-refractivity contribution in [1.82, 2.24) is 15.3 Å². The highest BCUT2D eigenvalue weighted by Gasteiger charge is 2.22. The zero-order valence-corrected chi connectivity index (χ0v) is 15.6. The third kappa shape index (κ3) is 3.15. The lowest BCUT2D eigenvalue weighted by Gasteiger charge is -2.22. The van der Waals surface area contributed by atoms with Gasteiger partial charge in [0.2, 0.25) is 0 Å². The first-order valence-electron chi connectivity index (χ1n) is 8.71. The van der Waals surface area contributed by atoms with Gasteiger partial charge in [-0.15, -0.1) is 11.3 Å². The number of nitrogens with zero attached hydrogens (tertiary/aromatic N) is 1. The van der Waals surface area contributed by atoms with Gasteiger partial charge >= 0.3 is 0 Å². The summed E-state index contributed by atoms with van der Waals surface area (Å²) < 4.78 is 0. The summed E-state index contributed by atoms with van der Waals surface area (Å²) in [5, 5.41) is 3.48. The minimum atomic E-state index is -0.106. The van der Waals surface area contributed by atoms with Crippen molar-refractivity contribution in [2.45, 2.75) is 20.4 Å². The number of rotatable bonds is 3. The summed E-state index contributed by atoms with van der Waals surface area (Å²) in [5.74, 6) is 0.687. The maximum atomic E-state index is 12.8. The topological polar surface area (TPSA) is 79.3 Å². The summed E-state index contributed by atoms with van der Waals surface area (Å²) in [5.41, 5.74) is 3.09. The average Bonchev–Trinajstić information content (AvgIpc) is 2.92. The number of aromatic nitrogens is 2.